The van der Waals surface area contributed by atoms with Gasteiger partial charge in [0.1, 0.15) is 11.6 Å². The van der Waals surface area contributed by atoms with E-state index in [1.54, 1.807) is 19.2 Å². The van der Waals surface area contributed by atoms with Crippen molar-refractivity contribution in [3.63, 3.8) is 0 Å². The highest BCUT2D eigenvalue weighted by molar-refractivity contribution is 5.68. The maximum absolute atomic E-state index is 13.3. The van der Waals surface area contributed by atoms with Crippen LogP contribution in [0.25, 0.3) is 22.6 Å². The van der Waals surface area contributed by atoms with Gasteiger partial charge in [0.05, 0.1) is 18.5 Å². The van der Waals surface area contributed by atoms with Crippen molar-refractivity contribution in [3.05, 3.63) is 65.6 Å². The van der Waals surface area contributed by atoms with Gasteiger partial charge in [-0.05, 0) is 48.5 Å². The summed E-state index contributed by atoms with van der Waals surface area (Å²) in [7, 11) is 1.64. The van der Waals surface area contributed by atoms with Crippen LogP contribution < -0.4 is 10.1 Å². The van der Waals surface area contributed by atoms with Crippen LogP contribution in [0.4, 0.5) is 4.39 Å². The molecule has 0 spiro atoms. The van der Waals surface area contributed by atoms with E-state index in [1.165, 1.54) is 12.1 Å². The first kappa shape index (κ1) is 15.7. The molecule has 2 heterocycles. The molecule has 0 aliphatic carbocycles. The number of hydrogen-bond donors (Lipinski definition) is 1. The summed E-state index contributed by atoms with van der Waals surface area (Å²) in [5.74, 6) is 1.23. The molecule has 0 fully saturated rings. The summed E-state index contributed by atoms with van der Waals surface area (Å²) in [5.41, 5.74) is 4.85. The molecule has 0 amide bonds. The third-order valence-electron chi connectivity index (χ3n) is 4.40. The van der Waals surface area contributed by atoms with Crippen molar-refractivity contribution in [3.8, 4) is 28.4 Å². The maximum Gasteiger partial charge on any atom is 0.160 e. The van der Waals surface area contributed by atoms with Gasteiger partial charge in [0, 0.05) is 36.2 Å². The fraction of sp³-hybridized carbons (Fsp3) is 0.200. The molecular formula is C20H18FN3O. The molecule has 1 aliphatic heterocycles. The Bertz CT molecular complexity index is 892. The molecule has 4 nitrogen and oxygen atoms in total. The Morgan fingerprint density at radius 2 is 1.68 bits per heavy atom. The van der Waals surface area contributed by atoms with Crippen molar-refractivity contribution < 1.29 is 9.13 Å². The van der Waals surface area contributed by atoms with Crippen LogP contribution in [0.1, 0.15) is 11.3 Å². The number of hydrogen-bond acceptors (Lipinski definition) is 4. The Labute approximate surface area is 145 Å². The number of nitrogens with zero attached hydrogens (tertiary/aromatic N) is 2. The van der Waals surface area contributed by atoms with Gasteiger partial charge >= 0.3 is 0 Å². The highest BCUT2D eigenvalue weighted by Gasteiger charge is 2.19. The van der Waals surface area contributed by atoms with Crippen LogP contribution in [-0.2, 0) is 13.0 Å². The lowest BCUT2D eigenvalue weighted by Gasteiger charge is -2.20. The smallest absolute Gasteiger partial charge is 0.160 e. The second kappa shape index (κ2) is 6.61. The molecule has 0 atom stereocenters. The molecule has 3 aromatic rings. The third-order valence-corrected chi connectivity index (χ3v) is 4.40. The van der Waals surface area contributed by atoms with Crippen molar-refractivity contribution in [2.45, 2.75) is 13.0 Å². The first-order chi connectivity index (χ1) is 12.2. The standard InChI is InChI=1S/C20H18FN3O/c1-25-16-8-4-14(5-9-16)20-23-18-10-11-22-12-17(18)19(24-20)13-2-6-15(21)7-3-13/h2-9,22H,10-12H2,1H3. The van der Waals surface area contributed by atoms with E-state index in [1.807, 2.05) is 24.3 Å². The van der Waals surface area contributed by atoms with Crippen molar-refractivity contribution in [1.82, 2.24) is 15.3 Å². The number of benzene rings is 2. The first-order valence-electron chi connectivity index (χ1n) is 8.25. The third kappa shape index (κ3) is 3.10. The lowest BCUT2D eigenvalue weighted by Crippen LogP contribution is -2.26. The SMILES string of the molecule is COc1ccc(-c2nc3c(c(-c4ccc(F)cc4)n2)CNCC3)cc1. The maximum atomic E-state index is 13.3. The molecule has 1 N–H and O–H groups in total. The molecule has 4 rings (SSSR count). The molecule has 2 aromatic carbocycles. The Morgan fingerprint density at radius 3 is 2.40 bits per heavy atom. The van der Waals surface area contributed by atoms with Gasteiger partial charge in [-0.25, -0.2) is 14.4 Å². The van der Waals surface area contributed by atoms with E-state index >= 15 is 0 Å². The minimum absolute atomic E-state index is 0.250. The second-order valence-corrected chi connectivity index (χ2v) is 5.98. The van der Waals surface area contributed by atoms with Crippen LogP contribution in [0.2, 0.25) is 0 Å². The van der Waals surface area contributed by atoms with Crippen molar-refractivity contribution in [2.24, 2.45) is 0 Å². The summed E-state index contributed by atoms with van der Waals surface area (Å²) in [5, 5.41) is 3.37. The Morgan fingerprint density at radius 1 is 0.960 bits per heavy atom. The van der Waals surface area contributed by atoms with Gasteiger partial charge in [-0.1, -0.05) is 0 Å². The molecule has 0 radical (unpaired) electrons. The predicted molar refractivity (Wildman–Crippen MR) is 94.8 cm³/mol. The molecule has 5 heteroatoms. The summed E-state index contributed by atoms with van der Waals surface area (Å²) in [4.78, 5) is 9.57. The lowest BCUT2D eigenvalue weighted by molar-refractivity contribution is 0.415. The van der Waals surface area contributed by atoms with Crippen molar-refractivity contribution in [1.29, 1.82) is 0 Å². The zero-order chi connectivity index (χ0) is 17.2. The summed E-state index contributed by atoms with van der Waals surface area (Å²) < 4.78 is 18.5. The highest BCUT2D eigenvalue weighted by atomic mass is 19.1. The lowest BCUT2D eigenvalue weighted by atomic mass is 9.99. The van der Waals surface area contributed by atoms with Gasteiger partial charge in [0.2, 0.25) is 0 Å². The minimum Gasteiger partial charge on any atom is -0.497 e. The largest absolute Gasteiger partial charge is 0.497 e. The average molecular weight is 335 g/mol. The van der Waals surface area contributed by atoms with E-state index in [2.05, 4.69) is 5.32 Å². The van der Waals surface area contributed by atoms with Gasteiger partial charge in [0.25, 0.3) is 0 Å². The molecule has 0 bridgehead atoms. The summed E-state index contributed by atoms with van der Waals surface area (Å²) in [6.45, 7) is 1.62. The fourth-order valence-electron chi connectivity index (χ4n) is 3.06. The molecule has 126 valence electrons. The number of methoxy groups -OCH3 is 1. The fourth-order valence-corrected chi connectivity index (χ4v) is 3.06. The average Bonchev–Trinajstić information content (AvgIpc) is 2.68. The Balaban J connectivity index is 1.85. The van der Waals surface area contributed by atoms with Crippen LogP contribution >= 0.6 is 0 Å². The summed E-state index contributed by atoms with van der Waals surface area (Å²) in [6, 6.07) is 14.2. The van der Waals surface area contributed by atoms with Crippen LogP contribution in [-0.4, -0.2) is 23.6 Å². The van der Waals surface area contributed by atoms with Crippen LogP contribution in [0.15, 0.2) is 48.5 Å². The summed E-state index contributed by atoms with van der Waals surface area (Å²) >= 11 is 0. The molecule has 25 heavy (non-hydrogen) atoms. The zero-order valence-corrected chi connectivity index (χ0v) is 13.9. The second-order valence-electron chi connectivity index (χ2n) is 5.98. The Hall–Kier alpha value is -2.79. The van der Waals surface area contributed by atoms with Gasteiger partial charge in [-0.3, -0.25) is 0 Å². The van der Waals surface area contributed by atoms with E-state index in [-0.39, 0.29) is 5.82 Å². The van der Waals surface area contributed by atoms with Crippen LogP contribution in [0, 0.1) is 5.82 Å². The number of nitrogens with one attached hydrogen (secondary N) is 1. The van der Waals surface area contributed by atoms with Crippen LogP contribution in [0.3, 0.4) is 0 Å². The zero-order valence-electron chi connectivity index (χ0n) is 13.9. The highest BCUT2D eigenvalue weighted by Crippen LogP contribution is 2.29. The van der Waals surface area contributed by atoms with Gasteiger partial charge in [0.15, 0.2) is 5.82 Å². The number of rotatable bonds is 3. The molecule has 1 aliphatic rings. The Kier molecular flexibility index (Phi) is 4.15. The topological polar surface area (TPSA) is 47.0 Å². The molecule has 0 saturated carbocycles. The van der Waals surface area contributed by atoms with Crippen molar-refractivity contribution in [2.75, 3.05) is 13.7 Å². The molecular weight excluding hydrogens is 317 g/mol. The first-order valence-corrected chi connectivity index (χ1v) is 8.25. The molecule has 0 saturated heterocycles. The van der Waals surface area contributed by atoms with Gasteiger partial charge in [-0.15, -0.1) is 0 Å². The van der Waals surface area contributed by atoms with E-state index in [0.29, 0.717) is 5.82 Å². The van der Waals surface area contributed by atoms with E-state index in [0.717, 1.165) is 53.3 Å². The van der Waals surface area contributed by atoms with E-state index in [4.69, 9.17) is 14.7 Å². The van der Waals surface area contributed by atoms with E-state index < -0.39 is 0 Å². The molecule has 1 aromatic heterocycles. The number of fused-ring (bicyclic) bond motifs is 1. The van der Waals surface area contributed by atoms with E-state index in [9.17, 15) is 4.39 Å². The predicted octanol–water partition coefficient (Wildman–Crippen LogP) is 3.60. The van der Waals surface area contributed by atoms with Gasteiger partial charge in [-0.2, -0.15) is 0 Å². The number of halogens is 1. The quantitative estimate of drug-likeness (QED) is 0.794. The summed E-state index contributed by atoms with van der Waals surface area (Å²) in [6.07, 6.45) is 0.856. The number of ether oxygens (including phenoxy) is 1. The normalized spacial score (nSPS) is 13.4. The van der Waals surface area contributed by atoms with Crippen LogP contribution in [0.5, 0.6) is 5.75 Å². The monoisotopic (exact) mass is 335 g/mol. The minimum atomic E-state index is -0.250. The van der Waals surface area contributed by atoms with Crippen molar-refractivity contribution >= 4 is 0 Å². The van der Waals surface area contributed by atoms with Gasteiger partial charge < -0.3 is 10.1 Å². The molecule has 0 unspecified atom stereocenters. The number of aromatic nitrogens is 2.